The number of halogens is 1. The first kappa shape index (κ1) is 12.6. The van der Waals surface area contributed by atoms with E-state index in [0.717, 1.165) is 25.1 Å². The lowest BCUT2D eigenvalue weighted by atomic mass is 10.1. The van der Waals surface area contributed by atoms with Crippen molar-refractivity contribution < 1.29 is 8.42 Å². The highest BCUT2D eigenvalue weighted by atomic mass is 35.7. The molecule has 0 amide bonds. The molecule has 1 aliphatic rings. The van der Waals surface area contributed by atoms with E-state index in [1.54, 1.807) is 4.57 Å². The zero-order valence-corrected chi connectivity index (χ0v) is 11.5. The smallest absolute Gasteiger partial charge is 0.261 e. The van der Waals surface area contributed by atoms with Gasteiger partial charge in [0.2, 0.25) is 0 Å². The molecule has 0 radical (unpaired) electrons. The van der Waals surface area contributed by atoms with Gasteiger partial charge in [-0.05, 0) is 31.0 Å². The van der Waals surface area contributed by atoms with Crippen LogP contribution in [0, 0.1) is 0 Å². The van der Waals surface area contributed by atoms with Gasteiger partial charge in [-0.2, -0.15) is 0 Å². The summed E-state index contributed by atoms with van der Waals surface area (Å²) in [5.74, 6) is 0.769. The summed E-state index contributed by atoms with van der Waals surface area (Å²) in [5.41, 5.74) is 0.323. The summed E-state index contributed by atoms with van der Waals surface area (Å²) in [4.78, 5) is 16.7. The van der Waals surface area contributed by atoms with Crippen LogP contribution in [0.2, 0.25) is 0 Å². The molecule has 1 aliphatic heterocycles. The second kappa shape index (κ2) is 4.31. The van der Waals surface area contributed by atoms with Crippen molar-refractivity contribution in [1.29, 1.82) is 0 Å². The highest BCUT2D eigenvalue weighted by Crippen LogP contribution is 2.20. The maximum absolute atomic E-state index is 12.3. The molecule has 19 heavy (non-hydrogen) atoms. The number of fused-ring (bicyclic) bond motifs is 2. The molecule has 0 atom stereocenters. The lowest BCUT2D eigenvalue weighted by Gasteiger charge is -2.17. The number of hydrogen-bond donors (Lipinski definition) is 0. The molecular weight excluding hydrogens is 288 g/mol. The Hall–Kier alpha value is -1.40. The lowest BCUT2D eigenvalue weighted by molar-refractivity contribution is 0.501. The molecule has 0 saturated carbocycles. The molecule has 1 aromatic carbocycles. The Morgan fingerprint density at radius 3 is 2.79 bits per heavy atom. The van der Waals surface area contributed by atoms with Gasteiger partial charge in [-0.1, -0.05) is 0 Å². The number of aryl methyl sites for hydroxylation is 1. The Balaban J connectivity index is 2.35. The van der Waals surface area contributed by atoms with Gasteiger partial charge in [0.15, 0.2) is 0 Å². The third-order valence-electron chi connectivity index (χ3n) is 3.32. The van der Waals surface area contributed by atoms with Crippen LogP contribution >= 0.6 is 10.7 Å². The van der Waals surface area contributed by atoms with Crippen LogP contribution in [-0.4, -0.2) is 18.0 Å². The number of nitrogens with zero attached hydrogens (tertiary/aromatic N) is 2. The van der Waals surface area contributed by atoms with Gasteiger partial charge < -0.3 is 0 Å². The normalized spacial score (nSPS) is 15.4. The van der Waals surface area contributed by atoms with Gasteiger partial charge in [-0.15, -0.1) is 0 Å². The Labute approximate surface area is 114 Å². The van der Waals surface area contributed by atoms with Crippen LogP contribution in [0.4, 0.5) is 0 Å². The summed E-state index contributed by atoms with van der Waals surface area (Å²) in [6.07, 6.45) is 2.74. The molecule has 7 heteroatoms. The average Bonchev–Trinajstić information content (AvgIpc) is 2.37. The van der Waals surface area contributed by atoms with E-state index in [2.05, 4.69) is 4.98 Å². The molecule has 2 aromatic rings. The van der Waals surface area contributed by atoms with Crippen LogP contribution in [0.1, 0.15) is 18.7 Å². The van der Waals surface area contributed by atoms with Gasteiger partial charge in [0.25, 0.3) is 14.6 Å². The third-order valence-corrected chi connectivity index (χ3v) is 4.67. The first-order valence-corrected chi connectivity index (χ1v) is 8.26. The minimum atomic E-state index is -3.84. The van der Waals surface area contributed by atoms with E-state index in [0.29, 0.717) is 17.4 Å². The van der Waals surface area contributed by atoms with Gasteiger partial charge in [-0.25, -0.2) is 13.4 Å². The van der Waals surface area contributed by atoms with E-state index < -0.39 is 9.05 Å². The zero-order chi connectivity index (χ0) is 13.6. The molecular formula is C12H11ClN2O3S. The van der Waals surface area contributed by atoms with E-state index >= 15 is 0 Å². The van der Waals surface area contributed by atoms with E-state index in [9.17, 15) is 13.2 Å². The first-order chi connectivity index (χ1) is 8.97. The largest absolute Gasteiger partial charge is 0.296 e. The fourth-order valence-corrected chi connectivity index (χ4v) is 3.15. The molecule has 0 unspecified atom stereocenters. The van der Waals surface area contributed by atoms with Crippen LogP contribution < -0.4 is 5.56 Å². The Morgan fingerprint density at radius 1 is 1.26 bits per heavy atom. The molecule has 0 saturated heterocycles. The third kappa shape index (κ3) is 2.15. The Kier molecular flexibility index (Phi) is 2.87. The molecule has 0 spiro atoms. The molecule has 0 fully saturated rings. The van der Waals surface area contributed by atoms with Crippen LogP contribution in [0.25, 0.3) is 10.9 Å². The highest BCUT2D eigenvalue weighted by molar-refractivity contribution is 8.13. The van der Waals surface area contributed by atoms with Crippen molar-refractivity contribution in [3.63, 3.8) is 0 Å². The first-order valence-electron chi connectivity index (χ1n) is 5.95. The van der Waals surface area contributed by atoms with Crippen molar-refractivity contribution in [2.24, 2.45) is 0 Å². The second-order valence-electron chi connectivity index (χ2n) is 4.56. The molecule has 2 heterocycles. The summed E-state index contributed by atoms with van der Waals surface area (Å²) in [5, 5.41) is 0.298. The minimum absolute atomic E-state index is 0.0723. The van der Waals surface area contributed by atoms with Gasteiger partial charge in [0.05, 0.1) is 15.8 Å². The highest BCUT2D eigenvalue weighted by Gasteiger charge is 2.17. The molecule has 0 N–H and O–H groups in total. The standard InChI is InChI=1S/C12H11ClN2O3S/c13-19(17,18)8-4-5-10-9(7-8)12(16)15-6-2-1-3-11(15)14-10/h4-5,7H,1-3,6H2. The van der Waals surface area contributed by atoms with Gasteiger partial charge in [0, 0.05) is 23.6 Å². The fourth-order valence-electron chi connectivity index (χ4n) is 2.37. The van der Waals surface area contributed by atoms with Gasteiger partial charge >= 0.3 is 0 Å². The minimum Gasteiger partial charge on any atom is -0.296 e. The number of aromatic nitrogens is 2. The predicted octanol–water partition coefficient (Wildman–Crippen LogP) is 1.66. The summed E-state index contributed by atoms with van der Waals surface area (Å²) in [7, 11) is 1.46. The summed E-state index contributed by atoms with van der Waals surface area (Å²) in [6.45, 7) is 0.634. The van der Waals surface area contributed by atoms with Gasteiger partial charge in [0.1, 0.15) is 5.82 Å². The Bertz CT molecular complexity index is 827. The van der Waals surface area contributed by atoms with Crippen molar-refractivity contribution in [3.8, 4) is 0 Å². The maximum Gasteiger partial charge on any atom is 0.261 e. The van der Waals surface area contributed by atoms with Crippen LogP contribution in [0.15, 0.2) is 27.9 Å². The van der Waals surface area contributed by atoms with Crippen molar-refractivity contribution in [2.45, 2.75) is 30.7 Å². The van der Waals surface area contributed by atoms with E-state index in [-0.39, 0.29) is 10.5 Å². The molecule has 0 aliphatic carbocycles. The topological polar surface area (TPSA) is 69.0 Å². The molecule has 5 nitrogen and oxygen atoms in total. The lowest BCUT2D eigenvalue weighted by Crippen LogP contribution is -2.28. The molecule has 1 aromatic heterocycles. The summed E-state index contributed by atoms with van der Waals surface area (Å²) >= 11 is 0. The van der Waals surface area contributed by atoms with Crippen LogP contribution in [-0.2, 0) is 22.0 Å². The molecule has 0 bridgehead atoms. The van der Waals surface area contributed by atoms with Crippen LogP contribution in [0.3, 0.4) is 0 Å². The van der Waals surface area contributed by atoms with E-state index in [1.807, 2.05) is 0 Å². The van der Waals surface area contributed by atoms with Gasteiger partial charge in [-0.3, -0.25) is 9.36 Å². The second-order valence-corrected chi connectivity index (χ2v) is 7.12. The summed E-state index contributed by atoms with van der Waals surface area (Å²) in [6, 6.07) is 4.20. The average molecular weight is 299 g/mol. The van der Waals surface area contributed by atoms with Crippen LogP contribution in [0.5, 0.6) is 0 Å². The Morgan fingerprint density at radius 2 is 2.05 bits per heavy atom. The van der Waals surface area contributed by atoms with Crippen molar-refractivity contribution in [3.05, 3.63) is 34.4 Å². The van der Waals surface area contributed by atoms with E-state index in [1.165, 1.54) is 18.2 Å². The predicted molar refractivity (Wildman–Crippen MR) is 72.0 cm³/mol. The number of benzene rings is 1. The van der Waals surface area contributed by atoms with Crippen molar-refractivity contribution >= 4 is 30.6 Å². The number of hydrogen-bond acceptors (Lipinski definition) is 4. The molecule has 3 rings (SSSR count). The monoisotopic (exact) mass is 298 g/mol. The SMILES string of the molecule is O=c1c2cc(S(=O)(=O)Cl)ccc2nc2n1CCCC2. The summed E-state index contributed by atoms with van der Waals surface area (Å²) < 4.78 is 24.2. The quantitative estimate of drug-likeness (QED) is 0.751. The maximum atomic E-state index is 12.3. The van der Waals surface area contributed by atoms with E-state index in [4.69, 9.17) is 10.7 Å². The van der Waals surface area contributed by atoms with Crippen molar-refractivity contribution in [2.75, 3.05) is 0 Å². The zero-order valence-electron chi connectivity index (χ0n) is 9.97. The molecule has 100 valence electrons. The number of rotatable bonds is 1. The fraction of sp³-hybridized carbons (Fsp3) is 0.333. The van der Waals surface area contributed by atoms with Crippen molar-refractivity contribution in [1.82, 2.24) is 9.55 Å².